The first-order chi connectivity index (χ1) is 13.0. The second kappa shape index (κ2) is 11.0. The van der Waals surface area contributed by atoms with Crippen LogP contribution in [0.5, 0.6) is 0 Å². The van der Waals surface area contributed by atoms with Crippen LogP contribution in [0, 0.1) is 5.41 Å². The molecule has 162 valence electrons. The fourth-order valence-electron chi connectivity index (χ4n) is 2.28. The van der Waals surface area contributed by atoms with Crippen LogP contribution >= 0.6 is 11.8 Å². The molecule has 1 amide bonds. The van der Waals surface area contributed by atoms with Gasteiger partial charge in [-0.15, -0.1) is 11.8 Å². The molecule has 0 spiro atoms. The Kier molecular flexibility index (Phi) is 9.76. The van der Waals surface area contributed by atoms with Gasteiger partial charge in [-0.25, -0.2) is 4.79 Å². The number of amides is 1. The van der Waals surface area contributed by atoms with Crippen LogP contribution in [0.3, 0.4) is 0 Å². The van der Waals surface area contributed by atoms with E-state index >= 15 is 0 Å². The van der Waals surface area contributed by atoms with E-state index in [1.807, 2.05) is 6.08 Å². The van der Waals surface area contributed by atoms with E-state index < -0.39 is 35.2 Å². The average molecular weight is 420 g/mol. The van der Waals surface area contributed by atoms with Crippen LogP contribution in [0.2, 0.25) is 0 Å². The second-order valence-electron chi connectivity index (χ2n) is 8.29. The zero-order valence-electron chi connectivity index (χ0n) is 17.1. The molecular weight excluding hydrogens is 386 g/mol. The quantitative estimate of drug-likeness (QED) is 0.328. The molecule has 0 aromatic carbocycles. The van der Waals surface area contributed by atoms with Gasteiger partial charge in [0, 0.05) is 22.5 Å². The minimum absolute atomic E-state index is 0.0352. The minimum atomic E-state index is -0.835. The van der Waals surface area contributed by atoms with Crippen LogP contribution < -0.4 is 5.32 Å². The van der Waals surface area contributed by atoms with Gasteiger partial charge in [-0.1, -0.05) is 13.0 Å². The Hall–Kier alpha value is -1.29. The number of ether oxygens (including phenoxy) is 2. The fourth-order valence-corrected chi connectivity index (χ4v) is 3.49. The van der Waals surface area contributed by atoms with Crippen LogP contribution in [-0.2, 0) is 14.3 Å². The lowest BCUT2D eigenvalue weighted by Gasteiger charge is -2.23. The monoisotopic (exact) mass is 419 g/mol. The van der Waals surface area contributed by atoms with Gasteiger partial charge >= 0.3 is 12.1 Å². The smallest absolute Gasteiger partial charge is 0.408 e. The average Bonchev–Trinajstić information content (AvgIpc) is 2.95. The van der Waals surface area contributed by atoms with Crippen molar-refractivity contribution >= 4 is 23.8 Å². The highest BCUT2D eigenvalue weighted by Gasteiger charge is 2.32. The van der Waals surface area contributed by atoms with Gasteiger partial charge in [0.05, 0.1) is 19.3 Å². The first-order valence-electron chi connectivity index (χ1n) is 9.37. The van der Waals surface area contributed by atoms with E-state index in [9.17, 15) is 24.9 Å². The highest BCUT2D eigenvalue weighted by molar-refractivity contribution is 8.03. The number of allylic oxidation sites excluding steroid dienone is 1. The maximum atomic E-state index is 11.8. The van der Waals surface area contributed by atoms with Gasteiger partial charge in [-0.05, 0) is 33.6 Å². The summed E-state index contributed by atoms with van der Waals surface area (Å²) in [7, 11) is 0. The summed E-state index contributed by atoms with van der Waals surface area (Å²) in [6.45, 7) is 6.38. The first-order valence-corrected chi connectivity index (χ1v) is 10.4. The van der Waals surface area contributed by atoms with Crippen molar-refractivity contribution in [3.8, 4) is 0 Å². The Morgan fingerprint density at radius 2 is 1.89 bits per heavy atom. The van der Waals surface area contributed by atoms with E-state index in [-0.39, 0.29) is 26.2 Å². The maximum absolute atomic E-state index is 11.8. The van der Waals surface area contributed by atoms with Crippen LogP contribution in [-0.4, -0.2) is 70.7 Å². The van der Waals surface area contributed by atoms with Crippen LogP contribution in [0.25, 0.3) is 0 Å². The molecule has 0 saturated carbocycles. The number of rotatable bonds is 9. The molecule has 1 aliphatic heterocycles. The largest absolute Gasteiger partial charge is 0.465 e. The van der Waals surface area contributed by atoms with E-state index in [2.05, 4.69) is 5.32 Å². The number of carbonyl (C=O) groups excluding carboxylic acids is 2. The fraction of sp³-hybridized carbons (Fsp3) is 0.789. The number of thioether (sulfide) groups is 1. The zero-order chi connectivity index (χ0) is 21.4. The highest BCUT2D eigenvalue weighted by atomic mass is 32.2. The number of nitrogens with one attached hydrogen (secondary N) is 1. The van der Waals surface area contributed by atoms with Crippen LogP contribution in [0.15, 0.2) is 11.0 Å². The van der Waals surface area contributed by atoms with Crippen LogP contribution in [0.4, 0.5) is 4.79 Å². The third-order valence-corrected chi connectivity index (χ3v) is 5.35. The molecule has 1 aliphatic rings. The van der Waals surface area contributed by atoms with Gasteiger partial charge in [0.1, 0.15) is 18.3 Å². The number of carbonyl (C=O) groups is 2. The SMILES string of the molecule is CC(CO)(CO)COC(=O)CCC/C=C1/SC[C@H](NC(=O)OC(C)(C)C)[C@@H]1O. The molecule has 0 aromatic heterocycles. The van der Waals surface area contributed by atoms with Gasteiger partial charge in [0.2, 0.25) is 0 Å². The second-order valence-corrected chi connectivity index (χ2v) is 9.39. The Bertz CT molecular complexity index is 555. The third kappa shape index (κ3) is 8.81. The standard InChI is InChI=1S/C19H33NO7S/c1-18(2,3)27-17(25)20-13-9-28-14(16(13)24)7-5-6-8-15(23)26-12-19(4,10-21)11-22/h7,13,16,21-22,24H,5-6,8-12H2,1-4H3,(H,20,25)/b14-7+/t13-,16-/m0/s1. The molecule has 0 bridgehead atoms. The van der Waals surface area contributed by atoms with Gasteiger partial charge < -0.3 is 30.1 Å². The molecule has 0 unspecified atom stereocenters. The molecule has 2 atom stereocenters. The summed E-state index contributed by atoms with van der Waals surface area (Å²) < 4.78 is 10.3. The molecular formula is C19H33NO7S. The van der Waals surface area contributed by atoms with Crippen molar-refractivity contribution in [2.75, 3.05) is 25.6 Å². The molecule has 28 heavy (non-hydrogen) atoms. The normalized spacial score (nSPS) is 21.6. The Morgan fingerprint density at radius 3 is 2.46 bits per heavy atom. The number of aliphatic hydroxyl groups is 3. The number of aliphatic hydroxyl groups excluding tert-OH is 3. The Morgan fingerprint density at radius 1 is 1.25 bits per heavy atom. The van der Waals surface area contributed by atoms with Gasteiger partial charge in [-0.3, -0.25) is 4.79 Å². The van der Waals surface area contributed by atoms with E-state index in [1.54, 1.807) is 27.7 Å². The van der Waals surface area contributed by atoms with E-state index in [4.69, 9.17) is 9.47 Å². The van der Waals surface area contributed by atoms with E-state index in [0.29, 0.717) is 18.6 Å². The van der Waals surface area contributed by atoms with Crippen LogP contribution in [0.1, 0.15) is 47.0 Å². The molecule has 1 rings (SSSR count). The lowest BCUT2D eigenvalue weighted by atomic mass is 9.94. The zero-order valence-corrected chi connectivity index (χ0v) is 17.9. The molecule has 0 radical (unpaired) electrons. The Balaban J connectivity index is 2.34. The summed E-state index contributed by atoms with van der Waals surface area (Å²) in [6.07, 6.45) is 1.86. The van der Waals surface area contributed by atoms with E-state index in [0.717, 1.165) is 4.91 Å². The lowest BCUT2D eigenvalue weighted by molar-refractivity contribution is -0.149. The summed E-state index contributed by atoms with van der Waals surface area (Å²) in [5.41, 5.74) is -1.43. The molecule has 9 heteroatoms. The van der Waals surface area contributed by atoms with Gasteiger partial charge in [0.15, 0.2) is 0 Å². The molecule has 1 saturated heterocycles. The molecule has 1 fully saturated rings. The van der Waals surface area contributed by atoms with Crippen molar-refractivity contribution in [1.29, 1.82) is 0 Å². The highest BCUT2D eigenvalue weighted by Crippen LogP contribution is 2.32. The summed E-state index contributed by atoms with van der Waals surface area (Å²) >= 11 is 1.47. The number of hydrogen-bond donors (Lipinski definition) is 4. The number of alkyl carbamates (subject to hydrolysis) is 1. The summed E-state index contributed by atoms with van der Waals surface area (Å²) in [6, 6.07) is -0.411. The van der Waals surface area contributed by atoms with Crippen molar-refractivity contribution in [2.24, 2.45) is 5.41 Å². The third-order valence-electron chi connectivity index (χ3n) is 4.08. The summed E-state index contributed by atoms with van der Waals surface area (Å²) in [5.74, 6) is 0.158. The van der Waals surface area contributed by atoms with Crippen molar-refractivity contribution in [1.82, 2.24) is 5.32 Å². The van der Waals surface area contributed by atoms with Crippen molar-refractivity contribution < 1.29 is 34.4 Å². The number of unbranched alkanes of at least 4 members (excludes halogenated alkanes) is 1. The van der Waals surface area contributed by atoms with Gasteiger partial charge in [0.25, 0.3) is 0 Å². The predicted molar refractivity (Wildman–Crippen MR) is 107 cm³/mol. The molecule has 0 aliphatic carbocycles. The number of hydrogen-bond acceptors (Lipinski definition) is 8. The molecule has 8 nitrogen and oxygen atoms in total. The Labute approximate surface area is 170 Å². The van der Waals surface area contributed by atoms with E-state index in [1.165, 1.54) is 11.8 Å². The number of esters is 1. The van der Waals surface area contributed by atoms with Crippen molar-refractivity contribution in [3.63, 3.8) is 0 Å². The lowest BCUT2D eigenvalue weighted by Crippen LogP contribution is -2.44. The minimum Gasteiger partial charge on any atom is -0.465 e. The summed E-state index contributed by atoms with van der Waals surface area (Å²) in [4.78, 5) is 24.3. The topological polar surface area (TPSA) is 125 Å². The van der Waals surface area contributed by atoms with Gasteiger partial charge in [-0.2, -0.15) is 0 Å². The molecule has 0 aromatic rings. The molecule has 1 heterocycles. The molecule has 4 N–H and O–H groups in total. The summed E-state index contributed by atoms with van der Waals surface area (Å²) in [5, 5.41) is 31.4. The first kappa shape index (κ1) is 24.7. The van der Waals surface area contributed by atoms with Crippen molar-refractivity contribution in [2.45, 2.75) is 64.7 Å². The van der Waals surface area contributed by atoms with Crippen molar-refractivity contribution in [3.05, 3.63) is 11.0 Å². The predicted octanol–water partition coefficient (Wildman–Crippen LogP) is 1.58. The maximum Gasteiger partial charge on any atom is 0.408 e.